The summed E-state index contributed by atoms with van der Waals surface area (Å²) in [6, 6.07) is 8.09. The van der Waals surface area contributed by atoms with Crippen LogP contribution in [-0.4, -0.2) is 17.4 Å². The van der Waals surface area contributed by atoms with E-state index in [1.54, 1.807) is 0 Å². The van der Waals surface area contributed by atoms with E-state index in [4.69, 9.17) is 0 Å². The van der Waals surface area contributed by atoms with Crippen molar-refractivity contribution in [3.05, 3.63) is 40.4 Å². The topological polar surface area (TPSA) is 42.0 Å². The first kappa shape index (κ1) is 12.8. The number of benzene rings is 1. The number of hydrogen-bond acceptors (Lipinski definition) is 3. The van der Waals surface area contributed by atoms with Gasteiger partial charge in [0, 0.05) is 12.1 Å². The van der Waals surface area contributed by atoms with Gasteiger partial charge in [-0.15, -0.1) is 11.3 Å². The highest BCUT2D eigenvalue weighted by Gasteiger charge is 2.16. The molecule has 0 unspecified atom stereocenters. The van der Waals surface area contributed by atoms with Crippen LogP contribution in [0.1, 0.15) is 27.9 Å². The summed E-state index contributed by atoms with van der Waals surface area (Å²) in [5.41, 5.74) is 3.07. The summed E-state index contributed by atoms with van der Waals surface area (Å²) in [6.07, 6.45) is 0. The Labute approximate surface area is 111 Å². The van der Waals surface area contributed by atoms with Gasteiger partial charge in [-0.05, 0) is 26.3 Å². The molecular formula is C14H16N2OS. The van der Waals surface area contributed by atoms with Crippen molar-refractivity contribution < 1.29 is 4.79 Å². The lowest BCUT2D eigenvalue weighted by Gasteiger charge is -2.00. The van der Waals surface area contributed by atoms with Crippen molar-refractivity contribution in [2.24, 2.45) is 0 Å². The molecule has 0 fully saturated rings. The summed E-state index contributed by atoms with van der Waals surface area (Å²) >= 11 is 1.45. The first-order chi connectivity index (χ1) is 8.63. The molecule has 0 saturated carbocycles. The van der Waals surface area contributed by atoms with Gasteiger partial charge in [0.25, 0.3) is 5.91 Å². The number of hydrogen-bond donors (Lipinski definition) is 1. The number of carbonyl (C=O) groups is 1. The molecule has 1 N–H and O–H groups in total. The standard InChI is InChI=1S/C14H16N2OS/c1-4-15-13(17)12-10(3)16-14(18-12)11-8-6-5-7-9(11)2/h5-8H,4H2,1-3H3,(H,15,17). The van der Waals surface area contributed by atoms with Crippen molar-refractivity contribution in [2.45, 2.75) is 20.8 Å². The highest BCUT2D eigenvalue weighted by Crippen LogP contribution is 2.29. The Morgan fingerprint density at radius 3 is 2.72 bits per heavy atom. The third-order valence-corrected chi connectivity index (χ3v) is 3.91. The van der Waals surface area contributed by atoms with E-state index >= 15 is 0 Å². The minimum atomic E-state index is -0.0349. The highest BCUT2D eigenvalue weighted by atomic mass is 32.1. The lowest BCUT2D eigenvalue weighted by atomic mass is 10.1. The molecule has 0 aliphatic carbocycles. The summed E-state index contributed by atoms with van der Waals surface area (Å²) in [5.74, 6) is -0.0349. The second kappa shape index (κ2) is 5.31. The molecule has 0 radical (unpaired) electrons. The van der Waals surface area contributed by atoms with E-state index in [9.17, 15) is 4.79 Å². The predicted molar refractivity (Wildman–Crippen MR) is 75.0 cm³/mol. The van der Waals surface area contributed by atoms with Gasteiger partial charge >= 0.3 is 0 Å². The van der Waals surface area contributed by atoms with Crippen LogP contribution in [0.3, 0.4) is 0 Å². The molecule has 2 aromatic rings. The Bertz CT molecular complexity index is 575. The minimum absolute atomic E-state index is 0.0349. The number of aromatic nitrogens is 1. The average Bonchev–Trinajstić information content (AvgIpc) is 2.72. The van der Waals surface area contributed by atoms with Gasteiger partial charge < -0.3 is 5.32 Å². The molecule has 0 atom stereocenters. The van der Waals surface area contributed by atoms with Crippen molar-refractivity contribution in [3.8, 4) is 10.6 Å². The Morgan fingerprint density at radius 1 is 1.33 bits per heavy atom. The van der Waals surface area contributed by atoms with Gasteiger partial charge in [0.1, 0.15) is 9.88 Å². The first-order valence-corrected chi connectivity index (χ1v) is 6.76. The summed E-state index contributed by atoms with van der Waals surface area (Å²) < 4.78 is 0. The number of rotatable bonds is 3. The minimum Gasteiger partial charge on any atom is -0.352 e. The zero-order valence-electron chi connectivity index (χ0n) is 10.8. The van der Waals surface area contributed by atoms with Crippen LogP contribution in [0.5, 0.6) is 0 Å². The Morgan fingerprint density at radius 2 is 2.06 bits per heavy atom. The normalized spacial score (nSPS) is 10.4. The molecule has 2 rings (SSSR count). The average molecular weight is 260 g/mol. The number of carbonyl (C=O) groups excluding carboxylic acids is 1. The number of nitrogens with one attached hydrogen (secondary N) is 1. The zero-order valence-corrected chi connectivity index (χ0v) is 11.6. The molecule has 1 amide bonds. The van der Waals surface area contributed by atoms with Crippen LogP contribution in [0.25, 0.3) is 10.6 Å². The fourth-order valence-electron chi connectivity index (χ4n) is 1.78. The maximum Gasteiger partial charge on any atom is 0.263 e. The molecule has 1 aromatic carbocycles. The highest BCUT2D eigenvalue weighted by molar-refractivity contribution is 7.17. The van der Waals surface area contributed by atoms with E-state index in [1.165, 1.54) is 16.9 Å². The molecule has 4 heteroatoms. The van der Waals surface area contributed by atoms with Gasteiger partial charge in [-0.25, -0.2) is 4.98 Å². The van der Waals surface area contributed by atoms with Gasteiger partial charge in [-0.1, -0.05) is 24.3 Å². The van der Waals surface area contributed by atoms with Crippen LogP contribution >= 0.6 is 11.3 Å². The zero-order chi connectivity index (χ0) is 13.1. The van der Waals surface area contributed by atoms with E-state index in [2.05, 4.69) is 23.3 Å². The second-order valence-electron chi connectivity index (χ2n) is 4.11. The van der Waals surface area contributed by atoms with Crippen molar-refractivity contribution in [1.82, 2.24) is 10.3 Å². The van der Waals surface area contributed by atoms with E-state index in [1.807, 2.05) is 32.0 Å². The number of nitrogens with zero attached hydrogens (tertiary/aromatic N) is 1. The van der Waals surface area contributed by atoms with Crippen LogP contribution in [-0.2, 0) is 0 Å². The second-order valence-corrected chi connectivity index (χ2v) is 5.11. The number of thiazole rings is 1. The van der Waals surface area contributed by atoms with Gasteiger partial charge in [0.15, 0.2) is 0 Å². The van der Waals surface area contributed by atoms with E-state index in [0.717, 1.165) is 16.3 Å². The van der Waals surface area contributed by atoms with E-state index < -0.39 is 0 Å². The van der Waals surface area contributed by atoms with Gasteiger partial charge in [0.05, 0.1) is 5.69 Å². The lowest BCUT2D eigenvalue weighted by Crippen LogP contribution is -2.22. The molecule has 0 spiro atoms. The molecular weight excluding hydrogens is 244 g/mol. The first-order valence-electron chi connectivity index (χ1n) is 5.95. The quantitative estimate of drug-likeness (QED) is 0.921. The maximum absolute atomic E-state index is 11.9. The summed E-state index contributed by atoms with van der Waals surface area (Å²) in [4.78, 5) is 17.1. The molecule has 3 nitrogen and oxygen atoms in total. The molecule has 1 aromatic heterocycles. The van der Waals surface area contributed by atoms with Gasteiger partial charge in [0.2, 0.25) is 0 Å². The van der Waals surface area contributed by atoms with Crippen LogP contribution in [0.15, 0.2) is 24.3 Å². The largest absolute Gasteiger partial charge is 0.352 e. The van der Waals surface area contributed by atoms with Crippen LogP contribution < -0.4 is 5.32 Å². The lowest BCUT2D eigenvalue weighted by molar-refractivity contribution is 0.0959. The summed E-state index contributed by atoms with van der Waals surface area (Å²) in [7, 11) is 0. The van der Waals surface area contributed by atoms with Crippen LogP contribution in [0, 0.1) is 13.8 Å². The smallest absolute Gasteiger partial charge is 0.263 e. The number of aryl methyl sites for hydroxylation is 2. The molecule has 94 valence electrons. The Kier molecular flexibility index (Phi) is 3.77. The Hall–Kier alpha value is -1.68. The Balaban J connectivity index is 2.41. The molecule has 0 bridgehead atoms. The fourth-order valence-corrected chi connectivity index (χ4v) is 2.85. The third kappa shape index (κ3) is 2.43. The summed E-state index contributed by atoms with van der Waals surface area (Å²) in [6.45, 7) is 6.48. The van der Waals surface area contributed by atoms with Crippen molar-refractivity contribution in [2.75, 3.05) is 6.54 Å². The van der Waals surface area contributed by atoms with Gasteiger partial charge in [-0.2, -0.15) is 0 Å². The van der Waals surface area contributed by atoms with E-state index in [-0.39, 0.29) is 5.91 Å². The van der Waals surface area contributed by atoms with Crippen LogP contribution in [0.2, 0.25) is 0 Å². The molecule has 18 heavy (non-hydrogen) atoms. The van der Waals surface area contributed by atoms with Crippen molar-refractivity contribution in [3.63, 3.8) is 0 Å². The van der Waals surface area contributed by atoms with Crippen LogP contribution in [0.4, 0.5) is 0 Å². The summed E-state index contributed by atoms with van der Waals surface area (Å²) in [5, 5.41) is 3.72. The molecule has 0 aliphatic heterocycles. The SMILES string of the molecule is CCNC(=O)c1sc(-c2ccccc2C)nc1C. The number of amides is 1. The molecule has 0 saturated heterocycles. The monoisotopic (exact) mass is 260 g/mol. The van der Waals surface area contributed by atoms with E-state index in [0.29, 0.717) is 11.4 Å². The predicted octanol–water partition coefficient (Wildman–Crippen LogP) is 3.18. The van der Waals surface area contributed by atoms with Crippen molar-refractivity contribution in [1.29, 1.82) is 0 Å². The maximum atomic E-state index is 11.9. The van der Waals surface area contributed by atoms with Crippen molar-refractivity contribution >= 4 is 17.2 Å². The van der Waals surface area contributed by atoms with Gasteiger partial charge in [-0.3, -0.25) is 4.79 Å². The third-order valence-electron chi connectivity index (χ3n) is 2.72. The molecule has 1 heterocycles. The fraction of sp³-hybridized carbons (Fsp3) is 0.286. The molecule has 0 aliphatic rings.